The minimum Gasteiger partial charge on any atom is -0.361 e. The smallest absolute Gasteiger partial charge is 0.230 e. The largest absolute Gasteiger partial charge is 0.361 e. The Bertz CT molecular complexity index is 657. The van der Waals surface area contributed by atoms with Crippen molar-refractivity contribution in [2.24, 2.45) is 5.73 Å². The fourth-order valence-electron chi connectivity index (χ4n) is 2.53. The molecule has 0 spiro atoms. The van der Waals surface area contributed by atoms with Crippen LogP contribution in [-0.4, -0.2) is 22.1 Å². The lowest BCUT2D eigenvalue weighted by atomic mass is 9.99. The van der Waals surface area contributed by atoms with E-state index in [0.717, 1.165) is 36.2 Å². The van der Waals surface area contributed by atoms with Gasteiger partial charge in [0.2, 0.25) is 5.91 Å². The van der Waals surface area contributed by atoms with Crippen molar-refractivity contribution >= 4 is 22.4 Å². The van der Waals surface area contributed by atoms with Crippen molar-refractivity contribution in [2.75, 3.05) is 5.32 Å². The summed E-state index contributed by atoms with van der Waals surface area (Å²) in [6.45, 7) is 3.65. The molecule has 3 N–H and O–H groups in total. The minimum absolute atomic E-state index is 0.0974. The van der Waals surface area contributed by atoms with Crippen LogP contribution in [0.2, 0.25) is 0 Å². The molecule has 1 amide bonds. The zero-order chi connectivity index (χ0) is 15.0. The molecule has 2 heterocycles. The standard InChI is InChI=1S/C14H18N4O2S/c1-7-10(8(2)20-18-7)6-13(19)17-14-16-11-4-3-9(15)5-12(11)21-14/h9H,3-6,15H2,1-2H3,(H,16,17,19)/t9-/m0/s1. The molecular formula is C14H18N4O2S. The van der Waals surface area contributed by atoms with Crippen LogP contribution in [0.5, 0.6) is 0 Å². The Kier molecular flexibility index (Phi) is 3.77. The van der Waals surface area contributed by atoms with Crippen molar-refractivity contribution in [3.05, 3.63) is 27.6 Å². The van der Waals surface area contributed by atoms with Crippen molar-refractivity contribution in [3.63, 3.8) is 0 Å². The van der Waals surface area contributed by atoms with Gasteiger partial charge in [-0.1, -0.05) is 5.16 Å². The first-order valence-corrected chi connectivity index (χ1v) is 7.80. The van der Waals surface area contributed by atoms with Gasteiger partial charge in [-0.25, -0.2) is 4.98 Å². The maximum absolute atomic E-state index is 12.1. The first kappa shape index (κ1) is 14.2. The third-order valence-corrected chi connectivity index (χ3v) is 4.78. The molecule has 1 aliphatic carbocycles. The summed E-state index contributed by atoms with van der Waals surface area (Å²) in [5.41, 5.74) is 8.64. The quantitative estimate of drug-likeness (QED) is 0.901. The van der Waals surface area contributed by atoms with E-state index in [1.807, 2.05) is 13.8 Å². The Morgan fingerprint density at radius 3 is 3.05 bits per heavy atom. The number of anilines is 1. The lowest BCUT2D eigenvalue weighted by Gasteiger charge is -2.15. The van der Waals surface area contributed by atoms with Crippen LogP contribution < -0.4 is 11.1 Å². The van der Waals surface area contributed by atoms with Gasteiger partial charge < -0.3 is 15.6 Å². The molecule has 0 saturated carbocycles. The van der Waals surface area contributed by atoms with Crippen LogP contribution >= 0.6 is 11.3 Å². The summed E-state index contributed by atoms with van der Waals surface area (Å²) in [6.07, 6.45) is 2.97. The number of hydrogen-bond donors (Lipinski definition) is 2. The molecule has 1 atom stereocenters. The molecule has 0 fully saturated rings. The number of nitrogens with two attached hydrogens (primary N) is 1. The van der Waals surface area contributed by atoms with Crippen molar-refractivity contribution in [2.45, 2.75) is 45.6 Å². The van der Waals surface area contributed by atoms with Crippen LogP contribution in [0.1, 0.15) is 34.0 Å². The second kappa shape index (κ2) is 5.57. The summed E-state index contributed by atoms with van der Waals surface area (Å²) in [6, 6.07) is 0.212. The molecule has 21 heavy (non-hydrogen) atoms. The van der Waals surface area contributed by atoms with E-state index < -0.39 is 0 Å². The van der Waals surface area contributed by atoms with Gasteiger partial charge in [-0.2, -0.15) is 0 Å². The predicted octanol–water partition coefficient (Wildman–Crippen LogP) is 1.75. The Morgan fingerprint density at radius 2 is 2.33 bits per heavy atom. The highest BCUT2D eigenvalue weighted by molar-refractivity contribution is 7.15. The molecule has 1 aliphatic rings. The molecule has 2 aromatic rings. The third-order valence-electron chi connectivity index (χ3n) is 3.74. The summed E-state index contributed by atoms with van der Waals surface area (Å²) in [4.78, 5) is 17.8. The number of hydrogen-bond acceptors (Lipinski definition) is 6. The lowest BCUT2D eigenvalue weighted by Crippen LogP contribution is -2.27. The Hall–Kier alpha value is -1.73. The number of amides is 1. The van der Waals surface area contributed by atoms with Gasteiger partial charge in [0.1, 0.15) is 5.76 Å². The molecule has 0 radical (unpaired) electrons. The molecule has 0 unspecified atom stereocenters. The van der Waals surface area contributed by atoms with E-state index >= 15 is 0 Å². The summed E-state index contributed by atoms with van der Waals surface area (Å²) < 4.78 is 5.07. The Labute approximate surface area is 126 Å². The van der Waals surface area contributed by atoms with Gasteiger partial charge >= 0.3 is 0 Å². The van der Waals surface area contributed by atoms with Gasteiger partial charge in [0.15, 0.2) is 5.13 Å². The third kappa shape index (κ3) is 2.98. The number of fused-ring (bicyclic) bond motifs is 1. The highest BCUT2D eigenvalue weighted by atomic mass is 32.1. The monoisotopic (exact) mass is 306 g/mol. The molecule has 2 aromatic heterocycles. The lowest BCUT2D eigenvalue weighted by molar-refractivity contribution is -0.115. The second-order valence-corrected chi connectivity index (χ2v) is 6.50. The van der Waals surface area contributed by atoms with Gasteiger partial charge in [0.05, 0.1) is 17.8 Å². The molecule has 0 saturated heterocycles. The van der Waals surface area contributed by atoms with E-state index in [1.165, 1.54) is 16.2 Å². The van der Waals surface area contributed by atoms with Crippen LogP contribution in [0.3, 0.4) is 0 Å². The molecule has 112 valence electrons. The number of nitrogens with zero attached hydrogens (tertiary/aromatic N) is 2. The van der Waals surface area contributed by atoms with Crippen molar-refractivity contribution in [1.82, 2.24) is 10.1 Å². The van der Waals surface area contributed by atoms with Gasteiger partial charge in [-0.3, -0.25) is 4.79 Å². The summed E-state index contributed by atoms with van der Waals surface area (Å²) in [5, 5.41) is 7.38. The van der Waals surface area contributed by atoms with Crippen molar-refractivity contribution in [1.29, 1.82) is 0 Å². The fourth-order valence-corrected chi connectivity index (χ4v) is 3.65. The molecular weight excluding hydrogens is 288 g/mol. The van der Waals surface area contributed by atoms with Crippen LogP contribution in [-0.2, 0) is 24.1 Å². The normalized spacial score (nSPS) is 17.6. The first-order chi connectivity index (χ1) is 10.0. The van der Waals surface area contributed by atoms with E-state index in [0.29, 0.717) is 10.9 Å². The van der Waals surface area contributed by atoms with E-state index in [9.17, 15) is 4.79 Å². The number of rotatable bonds is 3. The zero-order valence-electron chi connectivity index (χ0n) is 12.1. The number of aryl methyl sites for hydroxylation is 3. The topological polar surface area (TPSA) is 94.0 Å². The van der Waals surface area contributed by atoms with Gasteiger partial charge in [-0.05, 0) is 33.1 Å². The van der Waals surface area contributed by atoms with Crippen LogP contribution in [0, 0.1) is 13.8 Å². The fraction of sp³-hybridized carbons (Fsp3) is 0.500. The summed E-state index contributed by atoms with van der Waals surface area (Å²) >= 11 is 1.53. The van der Waals surface area contributed by atoms with Crippen LogP contribution in [0.4, 0.5) is 5.13 Å². The van der Waals surface area contributed by atoms with Gasteiger partial charge in [0, 0.05) is 16.5 Å². The zero-order valence-corrected chi connectivity index (χ0v) is 12.9. The highest BCUT2D eigenvalue weighted by Crippen LogP contribution is 2.29. The number of carbonyl (C=O) groups is 1. The SMILES string of the molecule is Cc1noc(C)c1CC(=O)Nc1nc2c(s1)C[C@@H](N)CC2. The Balaban J connectivity index is 1.68. The second-order valence-electron chi connectivity index (χ2n) is 5.42. The number of aromatic nitrogens is 2. The van der Waals surface area contributed by atoms with E-state index in [1.54, 1.807) is 0 Å². The van der Waals surface area contributed by atoms with Crippen LogP contribution in [0.25, 0.3) is 0 Å². The van der Waals surface area contributed by atoms with E-state index in [4.69, 9.17) is 10.3 Å². The predicted molar refractivity (Wildman–Crippen MR) is 80.4 cm³/mol. The van der Waals surface area contributed by atoms with Gasteiger partial charge in [0.25, 0.3) is 0 Å². The molecule has 0 bridgehead atoms. The van der Waals surface area contributed by atoms with Crippen LogP contribution in [0.15, 0.2) is 4.52 Å². The number of thiazole rings is 1. The number of carbonyl (C=O) groups excluding carboxylic acids is 1. The molecule has 0 aromatic carbocycles. The summed E-state index contributed by atoms with van der Waals surface area (Å²) in [7, 11) is 0. The summed E-state index contributed by atoms with van der Waals surface area (Å²) in [5.74, 6) is 0.590. The average Bonchev–Trinajstić information content (AvgIpc) is 2.95. The highest BCUT2D eigenvalue weighted by Gasteiger charge is 2.21. The maximum Gasteiger partial charge on any atom is 0.230 e. The van der Waals surface area contributed by atoms with Crippen molar-refractivity contribution < 1.29 is 9.32 Å². The molecule has 3 rings (SSSR count). The Morgan fingerprint density at radius 1 is 1.52 bits per heavy atom. The molecule has 7 heteroatoms. The average molecular weight is 306 g/mol. The first-order valence-electron chi connectivity index (χ1n) is 6.98. The molecule has 6 nitrogen and oxygen atoms in total. The van der Waals surface area contributed by atoms with Crippen molar-refractivity contribution in [3.8, 4) is 0 Å². The minimum atomic E-state index is -0.0974. The van der Waals surface area contributed by atoms with Gasteiger partial charge in [-0.15, -0.1) is 11.3 Å². The molecule has 0 aliphatic heterocycles. The number of nitrogens with one attached hydrogen (secondary N) is 1. The maximum atomic E-state index is 12.1. The van der Waals surface area contributed by atoms with E-state index in [2.05, 4.69) is 15.5 Å². The van der Waals surface area contributed by atoms with E-state index in [-0.39, 0.29) is 18.4 Å².